The molecule has 4 N–H and O–H groups in total. The highest BCUT2D eigenvalue weighted by Gasteiger charge is 2.36. The van der Waals surface area contributed by atoms with Crippen molar-refractivity contribution in [1.82, 2.24) is 10.6 Å². The molecular weight excluding hydrogens is 411 g/mol. The summed E-state index contributed by atoms with van der Waals surface area (Å²) >= 11 is 0. The molecule has 30 heavy (non-hydrogen) atoms. The Morgan fingerprint density at radius 2 is 1.43 bits per heavy atom. The van der Waals surface area contributed by atoms with Crippen molar-refractivity contribution >= 4 is 19.6 Å². The van der Waals surface area contributed by atoms with Crippen LogP contribution in [0.4, 0.5) is 0 Å². The molecule has 0 bridgehead atoms. The minimum absolute atomic E-state index is 0.0786. The summed E-state index contributed by atoms with van der Waals surface area (Å²) in [5, 5.41) is 15.0. The van der Waals surface area contributed by atoms with Crippen molar-refractivity contribution in [2.45, 2.75) is 88.7 Å². The van der Waals surface area contributed by atoms with Crippen molar-refractivity contribution in [3.8, 4) is 0 Å². The zero-order valence-electron chi connectivity index (χ0n) is 21.3. The zero-order valence-corrected chi connectivity index (χ0v) is 22.2. The molecule has 2 atom stereocenters. The summed E-state index contributed by atoms with van der Waals surface area (Å²) in [6.45, 7) is 21.0. The Balaban J connectivity index is -0.000000231. The van der Waals surface area contributed by atoms with Crippen LogP contribution in [0, 0.1) is 5.41 Å². The number of hydrogen-bond acceptors (Lipinski definition) is 6. The van der Waals surface area contributed by atoms with Crippen LogP contribution in [-0.4, -0.2) is 54.7 Å². The Morgan fingerprint density at radius 3 is 1.80 bits per heavy atom. The number of nitrogens with one attached hydrogen (secondary N) is 2. The first kappa shape index (κ1) is 39.5. The Labute approximate surface area is 184 Å². The summed E-state index contributed by atoms with van der Waals surface area (Å²) in [4.78, 5) is 32.2. The SMILES string of the molecule is CC.CC.CC.CC.CCNC(=O)CCNC(=O)C(O)C(C)(C)COP(=O)(O)OC. The maximum Gasteiger partial charge on any atom is 0.471 e. The molecule has 0 radical (unpaired) electrons. The average molecular weight is 461 g/mol. The summed E-state index contributed by atoms with van der Waals surface area (Å²) in [5.41, 5.74) is -1.12. The van der Waals surface area contributed by atoms with Crippen molar-refractivity contribution in [3.63, 3.8) is 0 Å². The van der Waals surface area contributed by atoms with Crippen molar-refractivity contribution in [2.75, 3.05) is 26.8 Å². The summed E-state index contributed by atoms with van der Waals surface area (Å²) in [6, 6.07) is 0. The minimum Gasteiger partial charge on any atom is -0.383 e. The number of aliphatic hydroxyl groups excluding tert-OH is 1. The van der Waals surface area contributed by atoms with E-state index in [-0.39, 0.29) is 25.5 Å². The van der Waals surface area contributed by atoms with E-state index in [1.165, 1.54) is 13.8 Å². The number of phosphoric acid groups is 1. The second kappa shape index (κ2) is 26.0. The highest BCUT2D eigenvalue weighted by Crippen LogP contribution is 2.43. The molecule has 0 heterocycles. The van der Waals surface area contributed by atoms with Gasteiger partial charge in [0.15, 0.2) is 0 Å². The van der Waals surface area contributed by atoms with Crippen molar-refractivity contribution in [1.29, 1.82) is 0 Å². The molecule has 0 aliphatic heterocycles. The van der Waals surface area contributed by atoms with Crippen molar-refractivity contribution < 1.29 is 33.2 Å². The molecule has 0 saturated heterocycles. The largest absolute Gasteiger partial charge is 0.471 e. The van der Waals surface area contributed by atoms with Crippen LogP contribution in [0.5, 0.6) is 0 Å². The first-order valence-electron chi connectivity index (χ1n) is 10.8. The number of aliphatic hydroxyl groups is 1. The van der Waals surface area contributed by atoms with Crippen LogP contribution in [0.3, 0.4) is 0 Å². The number of carbonyl (C=O) groups excluding carboxylic acids is 2. The van der Waals surface area contributed by atoms with E-state index in [0.29, 0.717) is 6.54 Å². The van der Waals surface area contributed by atoms with E-state index in [1.54, 1.807) is 6.92 Å². The van der Waals surface area contributed by atoms with Gasteiger partial charge in [0.05, 0.1) is 6.61 Å². The maximum atomic E-state index is 11.8. The molecule has 0 aromatic rings. The molecule has 9 nitrogen and oxygen atoms in total. The third kappa shape index (κ3) is 23.3. The fourth-order valence-corrected chi connectivity index (χ4v) is 2.02. The molecule has 186 valence electrons. The molecule has 0 rings (SSSR count). The van der Waals surface area contributed by atoms with Crippen LogP contribution in [0.25, 0.3) is 0 Å². The van der Waals surface area contributed by atoms with Crippen LogP contribution < -0.4 is 10.6 Å². The van der Waals surface area contributed by atoms with Gasteiger partial charge in [0.1, 0.15) is 6.10 Å². The highest BCUT2D eigenvalue weighted by atomic mass is 31.2. The van der Waals surface area contributed by atoms with Gasteiger partial charge in [-0.05, 0) is 6.92 Å². The van der Waals surface area contributed by atoms with Gasteiger partial charge < -0.3 is 20.6 Å². The quantitative estimate of drug-likeness (QED) is 0.363. The van der Waals surface area contributed by atoms with Crippen molar-refractivity contribution in [2.24, 2.45) is 5.41 Å². The molecule has 10 heteroatoms. The Kier molecular flexibility index (Phi) is 34.3. The van der Waals surface area contributed by atoms with Crippen LogP contribution in [0.15, 0.2) is 0 Å². The van der Waals surface area contributed by atoms with Gasteiger partial charge in [-0.3, -0.25) is 18.6 Å². The summed E-state index contributed by atoms with van der Waals surface area (Å²) in [5.74, 6) is -0.899. The topological polar surface area (TPSA) is 134 Å². The molecule has 0 fully saturated rings. The fraction of sp³-hybridized carbons (Fsp3) is 0.900. The summed E-state index contributed by atoms with van der Waals surface area (Å²) in [6.07, 6.45) is -1.38. The third-order valence-corrected chi connectivity index (χ3v) is 3.76. The molecule has 0 aliphatic carbocycles. The maximum absolute atomic E-state index is 11.8. The van der Waals surface area contributed by atoms with E-state index in [9.17, 15) is 19.3 Å². The average Bonchev–Trinajstić information content (AvgIpc) is 2.77. The zero-order chi connectivity index (χ0) is 25.4. The predicted octanol–water partition coefficient (Wildman–Crippen LogP) is 3.88. The van der Waals surface area contributed by atoms with Gasteiger partial charge in [-0.15, -0.1) is 0 Å². The van der Waals surface area contributed by atoms with Gasteiger partial charge in [0.25, 0.3) is 0 Å². The monoisotopic (exact) mass is 460 g/mol. The van der Waals surface area contributed by atoms with Crippen LogP contribution in [-0.2, 0) is 23.2 Å². The third-order valence-electron chi connectivity index (χ3n) is 2.84. The van der Waals surface area contributed by atoms with Crippen LogP contribution >= 0.6 is 7.82 Å². The lowest BCUT2D eigenvalue weighted by atomic mass is 9.87. The molecule has 2 unspecified atom stereocenters. The summed E-state index contributed by atoms with van der Waals surface area (Å²) in [7, 11) is -3.17. The number of carbonyl (C=O) groups is 2. The lowest BCUT2D eigenvalue weighted by Crippen LogP contribution is -2.46. The molecule has 0 aliphatic rings. The molecule has 0 spiro atoms. The second-order valence-electron chi connectivity index (χ2n) is 5.31. The number of amides is 2. The molecule has 0 aromatic heterocycles. The minimum atomic E-state index is -4.18. The van der Waals surface area contributed by atoms with Gasteiger partial charge in [0, 0.05) is 32.0 Å². The van der Waals surface area contributed by atoms with E-state index < -0.39 is 25.2 Å². The first-order valence-corrected chi connectivity index (χ1v) is 12.3. The first-order chi connectivity index (χ1) is 14.1. The molecule has 0 saturated carbocycles. The normalized spacial score (nSPS) is 12.3. The Bertz CT molecular complexity index is 433. The van der Waals surface area contributed by atoms with Crippen LogP contribution in [0.1, 0.15) is 82.6 Å². The second-order valence-corrected chi connectivity index (χ2v) is 6.87. The number of rotatable bonds is 10. The molecule has 0 aromatic carbocycles. The number of hydrogen-bond donors (Lipinski definition) is 4. The highest BCUT2D eigenvalue weighted by molar-refractivity contribution is 7.47. The Hall–Kier alpha value is -0.990. The van der Waals surface area contributed by atoms with E-state index >= 15 is 0 Å². The van der Waals surface area contributed by atoms with Gasteiger partial charge in [-0.2, -0.15) is 0 Å². The van der Waals surface area contributed by atoms with E-state index in [2.05, 4.69) is 19.7 Å². The van der Waals surface area contributed by atoms with Gasteiger partial charge in [0.2, 0.25) is 11.8 Å². The summed E-state index contributed by atoms with van der Waals surface area (Å²) < 4.78 is 20.1. The van der Waals surface area contributed by atoms with Crippen molar-refractivity contribution in [3.05, 3.63) is 0 Å². The van der Waals surface area contributed by atoms with E-state index in [0.717, 1.165) is 7.11 Å². The lowest BCUT2D eigenvalue weighted by Gasteiger charge is -2.29. The van der Waals surface area contributed by atoms with Crippen LogP contribution in [0.2, 0.25) is 0 Å². The number of phosphoric ester groups is 1. The van der Waals surface area contributed by atoms with E-state index in [1.807, 2.05) is 55.4 Å². The Morgan fingerprint density at radius 1 is 1.00 bits per heavy atom. The van der Waals surface area contributed by atoms with E-state index in [4.69, 9.17) is 4.89 Å². The lowest BCUT2D eigenvalue weighted by molar-refractivity contribution is -0.137. The van der Waals surface area contributed by atoms with Gasteiger partial charge in [-0.25, -0.2) is 4.57 Å². The molecule has 2 amide bonds. The van der Waals surface area contributed by atoms with Gasteiger partial charge in [-0.1, -0.05) is 69.2 Å². The standard InChI is InChI=1S/C12H25N2O7P.4C2H6/c1-5-13-9(15)6-7-14-11(17)10(16)12(2,3)8-21-22(18,19)20-4;4*1-2/h10,16H,5-8H2,1-4H3,(H,13,15)(H,14,17)(H,18,19);4*1-2H3. The van der Waals surface area contributed by atoms with Gasteiger partial charge >= 0.3 is 7.82 Å². The predicted molar refractivity (Wildman–Crippen MR) is 124 cm³/mol. The smallest absolute Gasteiger partial charge is 0.383 e. The molecular formula is C20H49N2O7P. The fourth-order valence-electron chi connectivity index (χ4n) is 1.42.